The van der Waals surface area contributed by atoms with E-state index < -0.39 is 5.91 Å². The lowest BCUT2D eigenvalue weighted by atomic mass is 9.93. The molecule has 0 saturated heterocycles. The Labute approximate surface area is 213 Å². The Kier molecular flexibility index (Phi) is 6.93. The molecule has 0 radical (unpaired) electrons. The van der Waals surface area contributed by atoms with Crippen molar-refractivity contribution in [2.24, 2.45) is 15.3 Å². The van der Waals surface area contributed by atoms with Crippen LogP contribution in [0.4, 0.5) is 17.1 Å². The Balaban J connectivity index is 1.29. The van der Waals surface area contributed by atoms with E-state index in [2.05, 4.69) is 31.1 Å². The summed E-state index contributed by atoms with van der Waals surface area (Å²) < 4.78 is 5.95. The molecule has 2 heterocycles. The summed E-state index contributed by atoms with van der Waals surface area (Å²) in [5.74, 6) is 0.161. The van der Waals surface area contributed by atoms with Gasteiger partial charge in [0.15, 0.2) is 5.76 Å². The van der Waals surface area contributed by atoms with Crippen molar-refractivity contribution in [2.45, 2.75) is 26.2 Å². The second kappa shape index (κ2) is 10.8. The number of aromatic nitrogens is 1. The molecular formula is C28H24N6O3. The second-order valence-electron chi connectivity index (χ2n) is 8.46. The first-order valence-electron chi connectivity index (χ1n) is 11.9. The van der Waals surface area contributed by atoms with Gasteiger partial charge in [-0.05, 0) is 68.3 Å². The molecule has 1 aliphatic carbocycles. The molecule has 0 aliphatic heterocycles. The lowest BCUT2D eigenvalue weighted by Crippen LogP contribution is -2.22. The molecule has 0 bridgehead atoms. The van der Waals surface area contributed by atoms with Gasteiger partial charge in [-0.15, -0.1) is 0 Å². The summed E-state index contributed by atoms with van der Waals surface area (Å²) >= 11 is 0. The summed E-state index contributed by atoms with van der Waals surface area (Å²) in [6.07, 6.45) is 3.71. The lowest BCUT2D eigenvalue weighted by Gasteiger charge is -2.13. The molecule has 4 aromatic rings. The van der Waals surface area contributed by atoms with E-state index in [-0.39, 0.29) is 17.4 Å². The van der Waals surface area contributed by atoms with Gasteiger partial charge in [0, 0.05) is 29.4 Å². The normalized spacial score (nSPS) is 13.9. The number of pyridine rings is 1. The molecule has 0 fully saturated rings. The molecule has 0 spiro atoms. The highest BCUT2D eigenvalue weighted by molar-refractivity contribution is 6.09. The van der Waals surface area contributed by atoms with Crippen LogP contribution >= 0.6 is 0 Å². The first kappa shape index (κ1) is 23.8. The summed E-state index contributed by atoms with van der Waals surface area (Å²) in [7, 11) is 0. The van der Waals surface area contributed by atoms with E-state index in [0.29, 0.717) is 41.3 Å². The molecular weight excluding hydrogens is 468 g/mol. The number of furan rings is 1. The summed E-state index contributed by atoms with van der Waals surface area (Å²) in [5, 5.41) is 15.6. The van der Waals surface area contributed by atoms with Crippen molar-refractivity contribution < 1.29 is 14.0 Å². The maximum absolute atomic E-state index is 13.0. The molecule has 0 saturated carbocycles. The van der Waals surface area contributed by atoms with Crippen LogP contribution in [0.3, 0.4) is 0 Å². The van der Waals surface area contributed by atoms with Crippen molar-refractivity contribution in [3.63, 3.8) is 0 Å². The Morgan fingerprint density at radius 2 is 1.59 bits per heavy atom. The number of carbonyl (C=O) groups is 2. The summed E-state index contributed by atoms with van der Waals surface area (Å²) in [6, 6.07) is 21.6. The number of azo groups is 1. The molecule has 5 rings (SSSR count). The zero-order valence-corrected chi connectivity index (χ0v) is 20.1. The lowest BCUT2D eigenvalue weighted by molar-refractivity contribution is 0.0948. The van der Waals surface area contributed by atoms with Crippen LogP contribution in [0, 0.1) is 6.92 Å². The van der Waals surface area contributed by atoms with Crippen molar-refractivity contribution in [1.29, 1.82) is 0 Å². The maximum atomic E-state index is 13.0. The van der Waals surface area contributed by atoms with Gasteiger partial charge in [0.25, 0.3) is 11.8 Å². The molecule has 0 atom stereocenters. The highest BCUT2D eigenvalue weighted by Gasteiger charge is 2.28. The number of hydrogen-bond acceptors (Lipinski definition) is 7. The SMILES string of the molecule is Cc1c(C(=O)Nc2ccc(N=Nc3ccccc3)cc2)oc2c1C(=NNC(=O)c1ccccn1)CCC2. The standard InChI is InChI=1S/C28H24N6O3/c1-18-25-22(33-34-27(35)23-10-5-6-17-29-23)11-7-12-24(25)37-26(18)28(36)30-19-13-15-21(16-14-19)32-31-20-8-3-2-4-9-20/h2-6,8-10,13-17H,7,11-12H2,1H3,(H,30,36)(H,34,35). The Hall–Kier alpha value is -4.92. The van der Waals surface area contributed by atoms with Gasteiger partial charge >= 0.3 is 0 Å². The first-order valence-corrected chi connectivity index (χ1v) is 11.9. The van der Waals surface area contributed by atoms with Gasteiger partial charge in [-0.1, -0.05) is 24.3 Å². The number of hydrogen-bond donors (Lipinski definition) is 2. The molecule has 9 nitrogen and oxygen atoms in total. The number of nitrogens with zero attached hydrogens (tertiary/aromatic N) is 4. The van der Waals surface area contributed by atoms with Gasteiger partial charge in [0.2, 0.25) is 0 Å². The van der Waals surface area contributed by atoms with Crippen molar-refractivity contribution in [3.05, 3.63) is 107 Å². The van der Waals surface area contributed by atoms with Crippen LogP contribution in [0.25, 0.3) is 0 Å². The number of carbonyl (C=O) groups excluding carboxylic acids is 2. The largest absolute Gasteiger partial charge is 0.455 e. The average molecular weight is 493 g/mol. The Bertz CT molecular complexity index is 1480. The smallest absolute Gasteiger partial charge is 0.291 e. The van der Waals surface area contributed by atoms with Gasteiger partial charge in [0.05, 0.1) is 17.1 Å². The molecule has 2 N–H and O–H groups in total. The van der Waals surface area contributed by atoms with Crippen LogP contribution in [0.15, 0.2) is 98.7 Å². The fourth-order valence-corrected chi connectivity index (χ4v) is 4.08. The number of anilines is 1. The van der Waals surface area contributed by atoms with Crippen molar-refractivity contribution in [2.75, 3.05) is 5.32 Å². The molecule has 2 amide bonds. The number of hydrazone groups is 1. The zero-order chi connectivity index (χ0) is 25.6. The van der Waals surface area contributed by atoms with E-state index in [1.165, 1.54) is 0 Å². The fraction of sp³-hybridized carbons (Fsp3) is 0.143. The Morgan fingerprint density at radius 1 is 0.865 bits per heavy atom. The topological polar surface area (TPSA) is 121 Å². The Morgan fingerprint density at radius 3 is 2.32 bits per heavy atom. The number of fused-ring (bicyclic) bond motifs is 1. The number of rotatable bonds is 6. The molecule has 37 heavy (non-hydrogen) atoms. The van der Waals surface area contributed by atoms with Crippen LogP contribution in [0.5, 0.6) is 0 Å². The summed E-state index contributed by atoms with van der Waals surface area (Å²) in [4.78, 5) is 29.4. The number of nitrogens with one attached hydrogen (secondary N) is 2. The van der Waals surface area contributed by atoms with E-state index in [1.807, 2.05) is 37.3 Å². The third-order valence-corrected chi connectivity index (χ3v) is 5.88. The zero-order valence-electron chi connectivity index (χ0n) is 20.1. The minimum atomic E-state index is -0.397. The number of amides is 2. The van der Waals surface area contributed by atoms with Crippen LogP contribution in [-0.2, 0) is 6.42 Å². The number of benzene rings is 2. The molecule has 1 aliphatic rings. The van der Waals surface area contributed by atoms with Gasteiger partial charge in [0.1, 0.15) is 11.5 Å². The van der Waals surface area contributed by atoms with Crippen LogP contribution in [0.2, 0.25) is 0 Å². The van der Waals surface area contributed by atoms with E-state index in [1.54, 1.807) is 48.7 Å². The van der Waals surface area contributed by atoms with E-state index in [4.69, 9.17) is 4.42 Å². The monoisotopic (exact) mass is 492 g/mol. The predicted molar refractivity (Wildman–Crippen MR) is 140 cm³/mol. The van der Waals surface area contributed by atoms with Crippen LogP contribution in [0.1, 0.15) is 50.8 Å². The molecule has 2 aromatic heterocycles. The highest BCUT2D eigenvalue weighted by Crippen LogP contribution is 2.30. The van der Waals surface area contributed by atoms with Crippen LogP contribution < -0.4 is 10.7 Å². The minimum Gasteiger partial charge on any atom is -0.455 e. The summed E-state index contributed by atoms with van der Waals surface area (Å²) in [6.45, 7) is 1.83. The van der Waals surface area contributed by atoms with Crippen molar-refractivity contribution >= 4 is 34.6 Å². The third kappa shape index (κ3) is 5.51. The van der Waals surface area contributed by atoms with Crippen molar-refractivity contribution in [3.8, 4) is 0 Å². The molecule has 0 unspecified atom stereocenters. The van der Waals surface area contributed by atoms with Gasteiger partial charge in [-0.2, -0.15) is 15.3 Å². The highest BCUT2D eigenvalue weighted by atomic mass is 16.4. The van der Waals surface area contributed by atoms with Crippen LogP contribution in [-0.4, -0.2) is 22.5 Å². The predicted octanol–water partition coefficient (Wildman–Crippen LogP) is 6.12. The average Bonchev–Trinajstić information content (AvgIpc) is 3.29. The summed E-state index contributed by atoms with van der Waals surface area (Å²) in [5.41, 5.74) is 7.02. The van der Waals surface area contributed by atoms with E-state index in [9.17, 15) is 9.59 Å². The quantitative estimate of drug-likeness (QED) is 0.249. The van der Waals surface area contributed by atoms with Crippen molar-refractivity contribution in [1.82, 2.24) is 10.4 Å². The third-order valence-electron chi connectivity index (χ3n) is 5.88. The number of aryl methyl sites for hydroxylation is 1. The van der Waals surface area contributed by atoms with Gasteiger partial charge in [-0.25, -0.2) is 5.43 Å². The maximum Gasteiger partial charge on any atom is 0.291 e. The fourth-order valence-electron chi connectivity index (χ4n) is 4.08. The first-order chi connectivity index (χ1) is 18.1. The molecule has 9 heteroatoms. The minimum absolute atomic E-state index is 0.225. The molecule has 2 aromatic carbocycles. The van der Waals surface area contributed by atoms with E-state index in [0.717, 1.165) is 17.7 Å². The van der Waals surface area contributed by atoms with Gasteiger partial charge in [-0.3, -0.25) is 14.6 Å². The second-order valence-corrected chi connectivity index (χ2v) is 8.46. The van der Waals surface area contributed by atoms with Gasteiger partial charge < -0.3 is 9.73 Å². The molecule has 184 valence electrons. The van der Waals surface area contributed by atoms with E-state index >= 15 is 0 Å².